The molecule has 1 amide bonds. The standard InChI is InChI=1S/C31H37ClN2O5S/c32-23-6-8-26-20(14-23)2-1-11-31(26)17-34-16-22-4-7-25(22)28(35)9-3-19-12-24(13-19)40(37,38)33-30(36)21-5-10-29(39-18-31)27(34)15-21/h5-6,8,10,14-15,19,22,24-25,28,35H,1-4,7,9,11-13,16-18H2,(H,33,36)/t19?,22-,24?,25+,28-,31-/m0/s1. The number of anilines is 1. The Morgan fingerprint density at radius 2 is 1.93 bits per heavy atom. The highest BCUT2D eigenvalue weighted by Crippen LogP contribution is 2.47. The van der Waals surface area contributed by atoms with Crippen molar-refractivity contribution < 1.29 is 23.1 Å². The van der Waals surface area contributed by atoms with Crippen LogP contribution in [0.5, 0.6) is 5.75 Å². The molecule has 3 heterocycles. The van der Waals surface area contributed by atoms with Gasteiger partial charge >= 0.3 is 0 Å². The van der Waals surface area contributed by atoms with E-state index < -0.39 is 21.2 Å². The molecule has 3 aliphatic carbocycles. The Labute approximate surface area is 241 Å². The Hall–Kier alpha value is -2.29. The number of halogens is 1. The van der Waals surface area contributed by atoms with Crippen LogP contribution >= 0.6 is 11.6 Å². The lowest BCUT2D eigenvalue weighted by atomic mass is 9.67. The molecule has 214 valence electrons. The van der Waals surface area contributed by atoms with Gasteiger partial charge in [-0.15, -0.1) is 0 Å². The van der Waals surface area contributed by atoms with Gasteiger partial charge < -0.3 is 14.7 Å². The fraction of sp³-hybridized carbons (Fsp3) is 0.581. The van der Waals surface area contributed by atoms with Crippen LogP contribution in [-0.4, -0.2) is 50.5 Å². The molecule has 40 heavy (non-hydrogen) atoms. The number of benzene rings is 2. The maximum Gasteiger partial charge on any atom is 0.264 e. The van der Waals surface area contributed by atoms with Crippen LogP contribution in [0.2, 0.25) is 5.02 Å². The van der Waals surface area contributed by atoms with Crippen LogP contribution in [0.1, 0.15) is 72.9 Å². The summed E-state index contributed by atoms with van der Waals surface area (Å²) in [5.41, 5.74) is 3.44. The summed E-state index contributed by atoms with van der Waals surface area (Å²) in [5, 5.41) is 11.4. The summed E-state index contributed by atoms with van der Waals surface area (Å²) in [6.07, 6.45) is 7.34. The first kappa shape index (κ1) is 26.6. The van der Waals surface area contributed by atoms with Crippen molar-refractivity contribution in [3.05, 3.63) is 58.1 Å². The Balaban J connectivity index is 1.28. The van der Waals surface area contributed by atoms with Crippen molar-refractivity contribution in [3.8, 4) is 5.75 Å². The van der Waals surface area contributed by atoms with E-state index in [0.717, 1.165) is 62.3 Å². The van der Waals surface area contributed by atoms with Crippen LogP contribution in [-0.2, 0) is 21.9 Å². The van der Waals surface area contributed by atoms with Gasteiger partial charge in [-0.25, -0.2) is 13.1 Å². The number of carbonyl (C=O) groups excluding carboxylic acids is 1. The third-order valence-corrected chi connectivity index (χ3v) is 12.4. The molecule has 9 heteroatoms. The van der Waals surface area contributed by atoms with Crippen molar-refractivity contribution in [2.24, 2.45) is 17.8 Å². The largest absolute Gasteiger partial charge is 0.490 e. The predicted octanol–water partition coefficient (Wildman–Crippen LogP) is 4.83. The zero-order chi connectivity index (χ0) is 27.6. The van der Waals surface area contributed by atoms with Gasteiger partial charge in [0.1, 0.15) is 5.75 Å². The van der Waals surface area contributed by atoms with E-state index in [4.69, 9.17) is 16.3 Å². The SMILES string of the molecule is O=C1NS(=O)(=O)C2CC(CC[C@H](O)[C@@H]3CC[C@H]3CN3C[C@@]4(CCCc5cc(Cl)ccc54)COc4ccc1cc43)C2. The number of carbonyl (C=O) groups is 1. The zero-order valence-corrected chi connectivity index (χ0v) is 24.2. The van der Waals surface area contributed by atoms with Gasteiger partial charge in [-0.05, 0) is 117 Å². The maximum absolute atomic E-state index is 13.2. The zero-order valence-electron chi connectivity index (χ0n) is 22.6. The molecule has 4 bridgehead atoms. The second-order valence-electron chi connectivity index (χ2n) is 12.9. The van der Waals surface area contributed by atoms with Gasteiger partial charge in [0.05, 0.1) is 23.6 Å². The van der Waals surface area contributed by atoms with Gasteiger partial charge in [-0.2, -0.15) is 0 Å². The lowest BCUT2D eigenvalue weighted by Gasteiger charge is -2.46. The van der Waals surface area contributed by atoms with Crippen LogP contribution in [0.15, 0.2) is 36.4 Å². The number of nitrogens with one attached hydrogen (secondary N) is 1. The molecule has 0 aromatic heterocycles. The predicted molar refractivity (Wildman–Crippen MR) is 155 cm³/mol. The van der Waals surface area contributed by atoms with E-state index in [1.807, 2.05) is 12.1 Å². The highest BCUT2D eigenvalue weighted by molar-refractivity contribution is 7.90. The van der Waals surface area contributed by atoms with Crippen LogP contribution < -0.4 is 14.4 Å². The topological polar surface area (TPSA) is 95.9 Å². The second-order valence-corrected chi connectivity index (χ2v) is 15.3. The summed E-state index contributed by atoms with van der Waals surface area (Å²) >= 11 is 6.38. The number of sulfonamides is 1. The molecule has 2 aromatic rings. The first-order chi connectivity index (χ1) is 19.2. The van der Waals surface area contributed by atoms with Crippen LogP contribution in [0, 0.1) is 17.8 Å². The van der Waals surface area contributed by atoms with Gasteiger partial charge in [0.25, 0.3) is 5.91 Å². The first-order valence-electron chi connectivity index (χ1n) is 14.8. The fourth-order valence-electron chi connectivity index (χ4n) is 7.92. The quantitative estimate of drug-likeness (QED) is 0.460. The van der Waals surface area contributed by atoms with Crippen LogP contribution in [0.4, 0.5) is 5.69 Å². The average Bonchev–Trinajstić information content (AvgIpc) is 3.01. The average molecular weight is 585 g/mol. The van der Waals surface area contributed by atoms with E-state index >= 15 is 0 Å². The first-order valence-corrected chi connectivity index (χ1v) is 16.7. The normalized spacial score (nSPS) is 34.7. The van der Waals surface area contributed by atoms with Crippen molar-refractivity contribution in [2.75, 3.05) is 24.6 Å². The molecule has 3 aliphatic heterocycles. The molecule has 8 rings (SSSR count). The van der Waals surface area contributed by atoms with E-state index in [9.17, 15) is 18.3 Å². The molecule has 0 saturated heterocycles. The van der Waals surface area contributed by atoms with Crippen molar-refractivity contribution in [3.63, 3.8) is 0 Å². The maximum atomic E-state index is 13.2. The molecular formula is C31H37ClN2O5S. The van der Waals surface area contributed by atoms with Gasteiger partial charge in [-0.1, -0.05) is 17.7 Å². The minimum atomic E-state index is -3.76. The summed E-state index contributed by atoms with van der Waals surface area (Å²) in [5.74, 6) is 0.987. The van der Waals surface area contributed by atoms with Crippen LogP contribution in [0.25, 0.3) is 0 Å². The van der Waals surface area contributed by atoms with Gasteiger partial charge in [0.15, 0.2) is 0 Å². The highest BCUT2D eigenvalue weighted by atomic mass is 35.5. The minimum Gasteiger partial charge on any atom is -0.490 e. The van der Waals surface area contributed by atoms with E-state index in [1.165, 1.54) is 11.1 Å². The number of aliphatic hydroxyl groups is 1. The van der Waals surface area contributed by atoms with E-state index in [2.05, 4.69) is 21.8 Å². The molecule has 0 unspecified atom stereocenters. The lowest BCUT2D eigenvalue weighted by molar-refractivity contribution is 0.00480. The molecule has 7 nitrogen and oxygen atoms in total. The van der Waals surface area contributed by atoms with Crippen molar-refractivity contribution in [2.45, 2.75) is 74.6 Å². The third-order valence-electron chi connectivity index (χ3n) is 10.5. The van der Waals surface area contributed by atoms with Crippen molar-refractivity contribution in [1.29, 1.82) is 0 Å². The number of aryl methyl sites for hydroxylation is 1. The summed E-state index contributed by atoms with van der Waals surface area (Å²) in [6, 6.07) is 11.5. The summed E-state index contributed by atoms with van der Waals surface area (Å²) in [6.45, 7) is 2.00. The summed E-state index contributed by atoms with van der Waals surface area (Å²) in [7, 11) is -3.76. The van der Waals surface area contributed by atoms with E-state index in [-0.39, 0.29) is 23.4 Å². The second kappa shape index (κ2) is 9.92. The third kappa shape index (κ3) is 4.60. The van der Waals surface area contributed by atoms with Crippen molar-refractivity contribution in [1.82, 2.24) is 4.72 Å². The minimum absolute atomic E-state index is 0.233. The lowest BCUT2D eigenvalue weighted by Crippen LogP contribution is -2.50. The molecule has 2 N–H and O–H groups in total. The van der Waals surface area contributed by atoms with Crippen molar-refractivity contribution >= 4 is 33.2 Å². The fourth-order valence-corrected chi connectivity index (χ4v) is 9.71. The number of rotatable bonds is 0. The molecule has 0 radical (unpaired) electrons. The number of nitrogens with zero attached hydrogens (tertiary/aromatic N) is 1. The van der Waals surface area contributed by atoms with Gasteiger partial charge in [0.2, 0.25) is 10.0 Å². The van der Waals surface area contributed by atoms with Gasteiger partial charge in [-0.3, -0.25) is 4.79 Å². The monoisotopic (exact) mass is 584 g/mol. The number of aliphatic hydroxyl groups excluding tert-OH is 1. The molecule has 6 aliphatic rings. The number of hydrogen-bond acceptors (Lipinski definition) is 6. The van der Waals surface area contributed by atoms with Gasteiger partial charge in [0, 0.05) is 29.1 Å². The Morgan fingerprint density at radius 1 is 1.07 bits per heavy atom. The molecular weight excluding hydrogens is 548 g/mol. The summed E-state index contributed by atoms with van der Waals surface area (Å²) < 4.78 is 34.8. The number of hydrogen-bond donors (Lipinski definition) is 2. The Morgan fingerprint density at radius 3 is 2.73 bits per heavy atom. The summed E-state index contributed by atoms with van der Waals surface area (Å²) in [4.78, 5) is 15.6. The number of amides is 1. The molecule has 4 atom stereocenters. The number of ether oxygens (including phenoxy) is 1. The van der Waals surface area contributed by atoms with E-state index in [0.29, 0.717) is 43.1 Å². The molecule has 2 saturated carbocycles. The van der Waals surface area contributed by atoms with E-state index in [1.54, 1.807) is 12.1 Å². The highest BCUT2D eigenvalue weighted by Gasteiger charge is 2.45. The Kier molecular flexibility index (Phi) is 6.59. The smallest absolute Gasteiger partial charge is 0.264 e. The number of fused-ring (bicyclic) bond motifs is 6. The molecule has 1 spiro atoms. The molecule has 2 fully saturated rings. The van der Waals surface area contributed by atoms with Crippen LogP contribution in [0.3, 0.4) is 0 Å². The molecule has 2 aromatic carbocycles. The Bertz CT molecular complexity index is 1440.